The molecule has 7 heteroatoms. The number of aryl methyl sites for hydroxylation is 2. The molecule has 2 aromatic heterocycles. The van der Waals surface area contributed by atoms with Crippen LogP contribution >= 0.6 is 0 Å². The molecule has 0 radical (unpaired) electrons. The number of aromatic nitrogens is 2. The van der Waals surface area contributed by atoms with Crippen LogP contribution in [-0.2, 0) is 17.7 Å². The lowest BCUT2D eigenvalue weighted by atomic mass is 10.0. The monoisotopic (exact) mass is 484 g/mol. The van der Waals surface area contributed by atoms with Crippen LogP contribution < -0.4 is 9.47 Å². The third-order valence-electron chi connectivity index (χ3n) is 6.76. The van der Waals surface area contributed by atoms with Gasteiger partial charge in [-0.2, -0.15) is 0 Å². The highest BCUT2D eigenvalue weighted by Crippen LogP contribution is 2.33. The zero-order valence-electron chi connectivity index (χ0n) is 20.9. The van der Waals surface area contributed by atoms with Gasteiger partial charge in [-0.3, -0.25) is 9.78 Å². The number of pyridine rings is 1. The van der Waals surface area contributed by atoms with Crippen molar-refractivity contribution in [2.45, 2.75) is 40.7 Å². The molecule has 3 heterocycles. The Morgan fingerprint density at radius 2 is 1.81 bits per heavy atom. The van der Waals surface area contributed by atoms with E-state index >= 15 is 0 Å². The Morgan fingerprint density at radius 1 is 1.03 bits per heavy atom. The van der Waals surface area contributed by atoms with Gasteiger partial charge in [-0.1, -0.05) is 31.2 Å². The van der Waals surface area contributed by atoms with Gasteiger partial charge in [0.2, 0.25) is 12.6 Å². The van der Waals surface area contributed by atoms with E-state index in [1.807, 2.05) is 76.2 Å². The maximum atomic E-state index is 13.1. The fourth-order valence-corrected chi connectivity index (χ4v) is 4.79. The SMILES string of the molecule is CCc1nc2ccccc2c(C(=O)OCC(=O)c2cc(C)n(Cc3ccc4c(c3)OCO4)c2C)c1C. The first kappa shape index (κ1) is 23.6. The van der Waals surface area contributed by atoms with Crippen LogP contribution in [0.25, 0.3) is 10.9 Å². The van der Waals surface area contributed by atoms with E-state index < -0.39 is 5.97 Å². The second kappa shape index (κ2) is 9.49. The molecule has 4 aromatic rings. The van der Waals surface area contributed by atoms with Gasteiger partial charge in [0.1, 0.15) is 0 Å². The van der Waals surface area contributed by atoms with Crippen molar-refractivity contribution in [2.75, 3.05) is 13.4 Å². The van der Waals surface area contributed by atoms with Gasteiger partial charge in [0, 0.05) is 34.6 Å². The number of fused-ring (bicyclic) bond motifs is 2. The van der Waals surface area contributed by atoms with Crippen LogP contribution in [0.5, 0.6) is 11.5 Å². The van der Waals surface area contributed by atoms with E-state index in [0.717, 1.165) is 50.6 Å². The van der Waals surface area contributed by atoms with Crippen LogP contribution in [0.2, 0.25) is 0 Å². The van der Waals surface area contributed by atoms with Crippen molar-refractivity contribution < 1.29 is 23.8 Å². The molecule has 0 spiro atoms. The lowest BCUT2D eigenvalue weighted by Crippen LogP contribution is -2.17. The summed E-state index contributed by atoms with van der Waals surface area (Å²) in [6.07, 6.45) is 0.700. The van der Waals surface area contributed by atoms with Crippen LogP contribution in [0, 0.1) is 20.8 Å². The number of carbonyl (C=O) groups is 2. The minimum Gasteiger partial charge on any atom is -0.454 e. The summed E-state index contributed by atoms with van der Waals surface area (Å²) in [4.78, 5) is 30.9. The highest BCUT2D eigenvalue weighted by Gasteiger charge is 2.22. The summed E-state index contributed by atoms with van der Waals surface area (Å²) in [6.45, 7) is 8.23. The number of ketones is 1. The van der Waals surface area contributed by atoms with E-state index in [2.05, 4.69) is 9.55 Å². The van der Waals surface area contributed by atoms with E-state index in [-0.39, 0.29) is 19.2 Å². The van der Waals surface area contributed by atoms with Gasteiger partial charge in [0.05, 0.1) is 11.1 Å². The molecule has 5 rings (SSSR count). The molecule has 0 unspecified atom stereocenters. The van der Waals surface area contributed by atoms with E-state index in [0.29, 0.717) is 24.1 Å². The first-order valence-electron chi connectivity index (χ1n) is 12.0. The highest BCUT2D eigenvalue weighted by atomic mass is 16.7. The Kier molecular flexibility index (Phi) is 6.22. The molecule has 0 fully saturated rings. The normalized spacial score (nSPS) is 12.2. The summed E-state index contributed by atoms with van der Waals surface area (Å²) in [7, 11) is 0. The molecular weight excluding hydrogens is 456 g/mol. The summed E-state index contributed by atoms with van der Waals surface area (Å²) in [5.74, 6) is 0.715. The smallest absolute Gasteiger partial charge is 0.339 e. The predicted molar refractivity (Wildman–Crippen MR) is 136 cm³/mol. The number of carbonyl (C=O) groups excluding carboxylic acids is 2. The summed E-state index contributed by atoms with van der Waals surface area (Å²) < 4.78 is 18.5. The van der Waals surface area contributed by atoms with Gasteiger partial charge in [-0.15, -0.1) is 0 Å². The van der Waals surface area contributed by atoms with E-state index in [9.17, 15) is 9.59 Å². The number of nitrogens with zero attached hydrogens (tertiary/aromatic N) is 2. The Balaban J connectivity index is 1.34. The summed E-state index contributed by atoms with van der Waals surface area (Å²) in [5.41, 5.74) is 6.21. The van der Waals surface area contributed by atoms with Crippen molar-refractivity contribution in [1.82, 2.24) is 9.55 Å². The van der Waals surface area contributed by atoms with Crippen molar-refractivity contribution in [3.63, 3.8) is 0 Å². The van der Waals surface area contributed by atoms with E-state index in [4.69, 9.17) is 14.2 Å². The van der Waals surface area contributed by atoms with Gasteiger partial charge in [-0.05, 0) is 62.6 Å². The molecule has 0 N–H and O–H groups in total. The molecule has 184 valence electrons. The summed E-state index contributed by atoms with van der Waals surface area (Å²) in [6, 6.07) is 15.2. The van der Waals surface area contributed by atoms with E-state index in [1.165, 1.54) is 0 Å². The molecule has 1 aliphatic heterocycles. The quantitative estimate of drug-likeness (QED) is 0.260. The number of Topliss-reactive ketones (excluding diaryl/α,β-unsaturated/α-hetero) is 1. The Hall–Kier alpha value is -4.13. The Bertz CT molecular complexity index is 1500. The average Bonchev–Trinajstić information content (AvgIpc) is 3.46. The van der Waals surface area contributed by atoms with Crippen LogP contribution in [0.4, 0.5) is 0 Å². The van der Waals surface area contributed by atoms with Crippen LogP contribution in [-0.4, -0.2) is 34.7 Å². The molecule has 0 bridgehead atoms. The molecule has 0 saturated heterocycles. The van der Waals surface area contributed by atoms with Crippen molar-refractivity contribution >= 4 is 22.7 Å². The van der Waals surface area contributed by atoms with Crippen molar-refractivity contribution in [2.24, 2.45) is 0 Å². The van der Waals surface area contributed by atoms with Gasteiger partial charge in [0.15, 0.2) is 18.1 Å². The molecular formula is C29H28N2O5. The maximum absolute atomic E-state index is 13.1. The second-order valence-corrected chi connectivity index (χ2v) is 8.99. The minimum absolute atomic E-state index is 0.228. The standard InChI is InChI=1S/C29H28N2O5/c1-5-23-18(3)28(21-8-6-7-9-24(21)30-23)29(33)34-15-25(32)22-12-17(2)31(19(22)4)14-20-10-11-26-27(13-20)36-16-35-26/h6-13H,5,14-16H2,1-4H3. The minimum atomic E-state index is -0.511. The fourth-order valence-electron chi connectivity index (χ4n) is 4.79. The zero-order valence-corrected chi connectivity index (χ0v) is 20.9. The number of para-hydroxylation sites is 1. The number of esters is 1. The molecule has 0 saturated carbocycles. The Morgan fingerprint density at radius 3 is 2.61 bits per heavy atom. The topological polar surface area (TPSA) is 79.7 Å². The molecule has 2 aromatic carbocycles. The summed E-state index contributed by atoms with van der Waals surface area (Å²) >= 11 is 0. The molecule has 0 aliphatic carbocycles. The lowest BCUT2D eigenvalue weighted by Gasteiger charge is -2.13. The van der Waals surface area contributed by atoms with Gasteiger partial charge >= 0.3 is 5.97 Å². The first-order valence-corrected chi connectivity index (χ1v) is 12.0. The summed E-state index contributed by atoms with van der Waals surface area (Å²) in [5, 5.41) is 0.728. The maximum Gasteiger partial charge on any atom is 0.339 e. The molecule has 0 amide bonds. The average molecular weight is 485 g/mol. The molecule has 7 nitrogen and oxygen atoms in total. The lowest BCUT2D eigenvalue weighted by molar-refractivity contribution is 0.0475. The van der Waals surface area contributed by atoms with Crippen LogP contribution in [0.1, 0.15) is 55.8 Å². The third-order valence-corrected chi connectivity index (χ3v) is 6.76. The van der Waals surface area contributed by atoms with Crippen LogP contribution in [0.15, 0.2) is 48.5 Å². The highest BCUT2D eigenvalue weighted by molar-refractivity contribution is 6.06. The first-order chi connectivity index (χ1) is 17.4. The van der Waals surface area contributed by atoms with Crippen molar-refractivity contribution in [1.29, 1.82) is 0 Å². The van der Waals surface area contributed by atoms with Gasteiger partial charge in [0.25, 0.3) is 0 Å². The molecule has 0 atom stereocenters. The number of ether oxygens (including phenoxy) is 3. The second-order valence-electron chi connectivity index (χ2n) is 8.99. The zero-order chi connectivity index (χ0) is 25.4. The molecule has 1 aliphatic rings. The number of benzene rings is 2. The fraction of sp³-hybridized carbons (Fsp3) is 0.276. The van der Waals surface area contributed by atoms with Crippen LogP contribution in [0.3, 0.4) is 0 Å². The number of rotatable bonds is 7. The number of hydrogen-bond acceptors (Lipinski definition) is 6. The van der Waals surface area contributed by atoms with E-state index in [1.54, 1.807) is 0 Å². The van der Waals surface area contributed by atoms with Gasteiger partial charge in [-0.25, -0.2) is 4.79 Å². The van der Waals surface area contributed by atoms with Crippen molar-refractivity contribution in [3.05, 3.63) is 87.9 Å². The largest absolute Gasteiger partial charge is 0.454 e. The van der Waals surface area contributed by atoms with Gasteiger partial charge < -0.3 is 18.8 Å². The predicted octanol–water partition coefficient (Wildman–Crippen LogP) is 5.34. The number of hydrogen-bond donors (Lipinski definition) is 0. The van der Waals surface area contributed by atoms with Crippen molar-refractivity contribution in [3.8, 4) is 11.5 Å². The third kappa shape index (κ3) is 4.21. The Labute approximate surface area is 209 Å². The molecule has 36 heavy (non-hydrogen) atoms.